The van der Waals surface area contributed by atoms with E-state index in [1.807, 2.05) is 30.3 Å². The Balaban J connectivity index is 1.57. The van der Waals surface area contributed by atoms with Gasteiger partial charge in [-0.25, -0.2) is 13.8 Å². The van der Waals surface area contributed by atoms with Gasteiger partial charge >= 0.3 is 5.97 Å². The smallest absolute Gasteiger partial charge is 0.309 e. The minimum atomic E-state index is -1.55. The molecule has 6 nitrogen and oxygen atoms in total. The van der Waals surface area contributed by atoms with Crippen LogP contribution >= 0.6 is 0 Å². The summed E-state index contributed by atoms with van der Waals surface area (Å²) in [5.41, 5.74) is 2.59. The Morgan fingerprint density at radius 1 is 1.05 bits per heavy atom. The number of aliphatic hydroxyl groups is 1. The van der Waals surface area contributed by atoms with E-state index in [0.717, 1.165) is 22.8 Å². The third-order valence-electron chi connectivity index (χ3n) is 7.61. The van der Waals surface area contributed by atoms with Crippen LogP contribution in [0, 0.1) is 11.6 Å². The van der Waals surface area contributed by atoms with Crippen molar-refractivity contribution in [1.82, 2.24) is 9.55 Å². The Bertz CT molecular complexity index is 1650. The summed E-state index contributed by atoms with van der Waals surface area (Å²) in [5, 5.41) is 11.8. The molecule has 0 bridgehead atoms. The molecule has 0 saturated carbocycles. The molecule has 4 heterocycles. The summed E-state index contributed by atoms with van der Waals surface area (Å²) in [7, 11) is 0. The van der Waals surface area contributed by atoms with E-state index in [4.69, 9.17) is 4.74 Å². The molecule has 0 radical (unpaired) electrons. The van der Waals surface area contributed by atoms with Crippen molar-refractivity contribution in [3.8, 4) is 11.4 Å². The molecule has 0 aliphatic carbocycles. The van der Waals surface area contributed by atoms with Crippen LogP contribution in [0.3, 0.4) is 0 Å². The summed E-state index contributed by atoms with van der Waals surface area (Å²) in [6, 6.07) is 13.8. The Kier molecular flexibility index (Phi) is 5.45. The van der Waals surface area contributed by atoms with E-state index in [-0.39, 0.29) is 37.1 Å². The maximum absolute atomic E-state index is 14.3. The van der Waals surface area contributed by atoms with Crippen molar-refractivity contribution in [1.29, 1.82) is 0 Å². The fraction of sp³-hybridized carbons (Fsp3) is 0.276. The number of aryl methyl sites for hydroxylation is 2. The van der Waals surface area contributed by atoms with Crippen LogP contribution in [0.1, 0.15) is 47.6 Å². The predicted octanol–water partition coefficient (Wildman–Crippen LogP) is 4.53. The molecule has 1 N–H and O–H groups in total. The number of halogens is 2. The van der Waals surface area contributed by atoms with E-state index in [9.17, 15) is 23.5 Å². The van der Waals surface area contributed by atoms with Gasteiger partial charge in [0.1, 0.15) is 12.2 Å². The first-order valence-electron chi connectivity index (χ1n) is 12.3. The van der Waals surface area contributed by atoms with Crippen molar-refractivity contribution < 1.29 is 23.4 Å². The Morgan fingerprint density at radius 2 is 1.81 bits per heavy atom. The van der Waals surface area contributed by atoms with Gasteiger partial charge in [-0.05, 0) is 48.1 Å². The van der Waals surface area contributed by atoms with Crippen molar-refractivity contribution in [2.45, 2.75) is 51.4 Å². The highest BCUT2D eigenvalue weighted by molar-refractivity contribution is 5.88. The van der Waals surface area contributed by atoms with Gasteiger partial charge in [0, 0.05) is 17.0 Å². The SMILES string of the molecule is CC[C@@]1(O)CC(=O)OCc2c1cc1n(c2=O)Cc2c-1nc1cc(F)c(F)cc1c2CCc1ccccc1. The molecule has 0 saturated heterocycles. The van der Waals surface area contributed by atoms with Crippen LogP contribution in [0.25, 0.3) is 22.3 Å². The summed E-state index contributed by atoms with van der Waals surface area (Å²) < 4.78 is 35.4. The van der Waals surface area contributed by atoms with Gasteiger partial charge in [0.2, 0.25) is 0 Å². The minimum Gasteiger partial charge on any atom is -0.460 e. The lowest BCUT2D eigenvalue weighted by Crippen LogP contribution is -2.32. The number of ether oxygens (including phenoxy) is 1. The molecule has 37 heavy (non-hydrogen) atoms. The van der Waals surface area contributed by atoms with Gasteiger partial charge in [-0.2, -0.15) is 0 Å². The van der Waals surface area contributed by atoms with Gasteiger partial charge in [-0.15, -0.1) is 0 Å². The number of fused-ring (bicyclic) bond motifs is 5. The number of benzene rings is 2. The second kappa shape index (κ2) is 8.59. The number of hydrogen-bond donors (Lipinski definition) is 1. The van der Waals surface area contributed by atoms with Crippen molar-refractivity contribution in [3.63, 3.8) is 0 Å². The second-order valence-electron chi connectivity index (χ2n) is 9.72. The molecule has 1 atom stereocenters. The quantitative estimate of drug-likeness (QED) is 0.365. The molecule has 6 rings (SSSR count). The average molecular weight is 503 g/mol. The molecule has 2 aromatic carbocycles. The Hall–Kier alpha value is -3.91. The number of esters is 1. The summed E-state index contributed by atoms with van der Waals surface area (Å²) >= 11 is 0. The topological polar surface area (TPSA) is 81.4 Å². The standard InChI is InChI=1S/C29H24F2N2O4/c1-2-29(36)13-26(34)37-15-20-21(29)11-25-27-19(14-33(25)28(20)35)17(9-8-16-6-4-3-5-7-16)18-10-22(30)23(31)12-24(18)32-27/h3-7,10-12,36H,2,8-9,13-15H2,1H3/t29-/m1/s1. The number of carbonyl (C=O) groups is 1. The number of aromatic nitrogens is 2. The van der Waals surface area contributed by atoms with Crippen molar-refractivity contribution in [2.75, 3.05) is 0 Å². The van der Waals surface area contributed by atoms with Crippen LogP contribution in [0.5, 0.6) is 0 Å². The van der Waals surface area contributed by atoms with Gasteiger partial charge < -0.3 is 14.4 Å². The molecule has 2 aromatic heterocycles. The van der Waals surface area contributed by atoms with Gasteiger partial charge in [-0.3, -0.25) is 9.59 Å². The maximum atomic E-state index is 14.3. The minimum absolute atomic E-state index is 0.196. The molecule has 4 aromatic rings. The highest BCUT2D eigenvalue weighted by atomic mass is 19.2. The largest absolute Gasteiger partial charge is 0.460 e. The first-order valence-corrected chi connectivity index (χ1v) is 12.3. The first-order chi connectivity index (χ1) is 17.8. The van der Waals surface area contributed by atoms with E-state index < -0.39 is 23.2 Å². The first kappa shape index (κ1) is 23.5. The number of rotatable bonds is 4. The molecule has 0 unspecified atom stereocenters. The fourth-order valence-electron chi connectivity index (χ4n) is 5.55. The van der Waals surface area contributed by atoms with E-state index in [1.54, 1.807) is 17.6 Å². The van der Waals surface area contributed by atoms with Crippen molar-refractivity contribution >= 4 is 16.9 Å². The van der Waals surface area contributed by atoms with Gasteiger partial charge in [0.05, 0.1) is 35.4 Å². The van der Waals surface area contributed by atoms with Gasteiger partial charge in [0.25, 0.3) is 5.56 Å². The molecule has 188 valence electrons. The van der Waals surface area contributed by atoms with Gasteiger partial charge in [-0.1, -0.05) is 37.3 Å². The number of pyridine rings is 2. The van der Waals surface area contributed by atoms with Gasteiger partial charge in [0.15, 0.2) is 11.6 Å². The maximum Gasteiger partial charge on any atom is 0.309 e. The molecule has 8 heteroatoms. The average Bonchev–Trinajstić information content (AvgIpc) is 3.19. The molecule has 0 fully saturated rings. The van der Waals surface area contributed by atoms with Crippen LogP contribution in [0.2, 0.25) is 0 Å². The normalized spacial score (nSPS) is 18.2. The molecule has 0 spiro atoms. The number of carbonyl (C=O) groups excluding carboxylic acids is 1. The van der Waals surface area contributed by atoms with E-state index in [0.29, 0.717) is 40.7 Å². The summed E-state index contributed by atoms with van der Waals surface area (Å²) in [6.45, 7) is 1.71. The summed E-state index contributed by atoms with van der Waals surface area (Å²) in [5.74, 6) is -2.53. The molecule has 0 amide bonds. The zero-order valence-electron chi connectivity index (χ0n) is 20.2. The van der Waals surface area contributed by atoms with Crippen molar-refractivity contribution in [2.24, 2.45) is 0 Å². The van der Waals surface area contributed by atoms with Crippen LogP contribution in [-0.4, -0.2) is 20.6 Å². The number of hydrogen-bond acceptors (Lipinski definition) is 5. The lowest BCUT2D eigenvalue weighted by Gasteiger charge is -2.26. The third kappa shape index (κ3) is 3.74. The monoisotopic (exact) mass is 502 g/mol. The second-order valence-corrected chi connectivity index (χ2v) is 9.72. The van der Waals surface area contributed by atoms with E-state index in [2.05, 4.69) is 4.98 Å². The Labute approximate surface area is 211 Å². The summed E-state index contributed by atoms with van der Waals surface area (Å²) in [6.07, 6.45) is 1.15. The highest BCUT2D eigenvalue weighted by Crippen LogP contribution is 2.41. The van der Waals surface area contributed by atoms with Crippen LogP contribution in [0.4, 0.5) is 8.78 Å². The fourth-order valence-corrected chi connectivity index (χ4v) is 5.55. The molecular weight excluding hydrogens is 478 g/mol. The number of cyclic esters (lactones) is 1. The van der Waals surface area contributed by atoms with Crippen LogP contribution in [-0.2, 0) is 41.1 Å². The third-order valence-corrected chi connectivity index (χ3v) is 7.61. The van der Waals surface area contributed by atoms with E-state index >= 15 is 0 Å². The molecule has 2 aliphatic heterocycles. The zero-order chi connectivity index (χ0) is 25.9. The predicted molar refractivity (Wildman–Crippen MR) is 133 cm³/mol. The lowest BCUT2D eigenvalue weighted by molar-refractivity contribution is -0.149. The molecular formula is C29H24F2N2O4. The Morgan fingerprint density at radius 3 is 2.57 bits per heavy atom. The lowest BCUT2D eigenvalue weighted by atomic mass is 9.85. The zero-order valence-corrected chi connectivity index (χ0v) is 20.2. The van der Waals surface area contributed by atoms with E-state index in [1.165, 1.54) is 6.07 Å². The number of nitrogens with zero attached hydrogens (tertiary/aromatic N) is 2. The van der Waals surface area contributed by atoms with Crippen LogP contribution in [0.15, 0.2) is 53.3 Å². The van der Waals surface area contributed by atoms with Crippen LogP contribution < -0.4 is 5.56 Å². The molecule has 2 aliphatic rings. The highest BCUT2D eigenvalue weighted by Gasteiger charge is 2.39. The van der Waals surface area contributed by atoms with Crippen molar-refractivity contribution in [3.05, 3.63) is 98.3 Å². The summed E-state index contributed by atoms with van der Waals surface area (Å²) in [4.78, 5) is 30.5.